The first-order chi connectivity index (χ1) is 15.6. The molecule has 3 aromatic rings. The molecule has 0 aromatic carbocycles. The molecule has 0 saturated carbocycles. The number of anilines is 1. The number of aromatic nitrogens is 4. The maximum absolute atomic E-state index is 14.3. The lowest BCUT2D eigenvalue weighted by Crippen LogP contribution is -2.55. The van der Waals surface area contributed by atoms with Gasteiger partial charge in [0.15, 0.2) is 11.5 Å². The summed E-state index contributed by atoms with van der Waals surface area (Å²) in [5, 5.41) is 9.00. The summed E-state index contributed by atoms with van der Waals surface area (Å²) in [4.78, 5) is 30.1. The number of carbonyl (C=O) groups excluding carboxylic acids is 1. The standard InChI is InChI=1S/C21H22FN7O3/c1-27-5-2-15-17(11-27)32-21-13(8-12(22)9-23-21)16-4-7-31-29(16)18-3-6-28-19(26-18)14(10-24-28)20(30)25-15/h3,6,8-10,15-17H,2,4-5,7,11H2,1H3,(H,25,30)/t15-,16?,17?/m1/s1. The number of nitrogens with one attached hydrogen (secondary N) is 1. The van der Waals surface area contributed by atoms with E-state index in [-0.39, 0.29) is 24.1 Å². The molecule has 0 aliphatic carbocycles. The molecule has 10 nitrogen and oxygen atoms in total. The molecule has 11 heteroatoms. The van der Waals surface area contributed by atoms with Crippen LogP contribution in [0.2, 0.25) is 0 Å². The van der Waals surface area contributed by atoms with E-state index in [0.717, 1.165) is 12.7 Å². The van der Waals surface area contributed by atoms with Gasteiger partial charge in [0, 0.05) is 37.3 Å². The average Bonchev–Trinajstić information content (AvgIpc) is 3.43. The molecule has 1 amide bonds. The number of likely N-dealkylation sites (tertiary alicyclic amines) is 1. The number of ether oxygens (including phenoxy) is 1. The highest BCUT2D eigenvalue weighted by Crippen LogP contribution is 2.38. The van der Waals surface area contributed by atoms with Crippen LogP contribution in [0.5, 0.6) is 5.88 Å². The van der Waals surface area contributed by atoms with Crippen LogP contribution in [0.1, 0.15) is 34.8 Å². The van der Waals surface area contributed by atoms with Gasteiger partial charge in [0.05, 0.1) is 31.1 Å². The van der Waals surface area contributed by atoms with Gasteiger partial charge in [-0.2, -0.15) is 5.10 Å². The Morgan fingerprint density at radius 1 is 1.28 bits per heavy atom. The smallest absolute Gasteiger partial charge is 0.257 e. The number of piperidine rings is 1. The van der Waals surface area contributed by atoms with Crippen molar-refractivity contribution >= 4 is 17.4 Å². The van der Waals surface area contributed by atoms with E-state index in [9.17, 15) is 9.18 Å². The van der Waals surface area contributed by atoms with Gasteiger partial charge in [-0.1, -0.05) is 0 Å². The number of pyridine rings is 1. The molecule has 3 aliphatic rings. The van der Waals surface area contributed by atoms with Gasteiger partial charge >= 0.3 is 0 Å². The number of likely N-dealkylation sites (N-methyl/N-ethyl adjacent to an activating group) is 1. The van der Waals surface area contributed by atoms with Crippen molar-refractivity contribution in [3.63, 3.8) is 0 Å². The molecule has 6 heterocycles. The Balaban J connectivity index is 1.53. The number of hydrogen-bond donors (Lipinski definition) is 1. The monoisotopic (exact) mass is 439 g/mol. The molecular weight excluding hydrogens is 417 g/mol. The predicted octanol–water partition coefficient (Wildman–Crippen LogP) is 1.34. The molecule has 1 N–H and O–H groups in total. The third kappa shape index (κ3) is 3.16. The van der Waals surface area contributed by atoms with Crippen LogP contribution >= 0.6 is 0 Å². The summed E-state index contributed by atoms with van der Waals surface area (Å²) >= 11 is 0. The van der Waals surface area contributed by atoms with Crippen LogP contribution in [-0.2, 0) is 4.84 Å². The van der Waals surface area contributed by atoms with Gasteiger partial charge in [-0.3, -0.25) is 9.63 Å². The lowest BCUT2D eigenvalue weighted by Gasteiger charge is -2.37. The molecule has 3 atom stereocenters. The number of nitrogens with zero attached hydrogens (tertiary/aromatic N) is 6. The normalized spacial score (nSPS) is 25.8. The highest BCUT2D eigenvalue weighted by atomic mass is 19.1. The highest BCUT2D eigenvalue weighted by Gasteiger charge is 2.37. The summed E-state index contributed by atoms with van der Waals surface area (Å²) in [5.41, 5.74) is 1.40. The Morgan fingerprint density at radius 3 is 3.09 bits per heavy atom. The second kappa shape index (κ2) is 7.38. The van der Waals surface area contributed by atoms with Crippen LogP contribution in [0, 0.1) is 5.82 Å². The minimum absolute atomic E-state index is 0.242. The Labute approximate surface area is 182 Å². The van der Waals surface area contributed by atoms with Crippen molar-refractivity contribution < 1.29 is 18.8 Å². The molecule has 32 heavy (non-hydrogen) atoms. The minimum atomic E-state index is -0.449. The average molecular weight is 439 g/mol. The van der Waals surface area contributed by atoms with Crippen LogP contribution < -0.4 is 15.1 Å². The molecule has 0 spiro atoms. The number of fused-ring (bicyclic) bond motifs is 6. The third-order valence-electron chi connectivity index (χ3n) is 6.28. The fraction of sp³-hybridized carbons (Fsp3) is 0.429. The van der Waals surface area contributed by atoms with Crippen LogP contribution in [-0.4, -0.2) is 69.3 Å². The van der Waals surface area contributed by atoms with E-state index >= 15 is 0 Å². The zero-order chi connectivity index (χ0) is 21.8. The number of hydroxylamine groups is 1. The fourth-order valence-electron chi connectivity index (χ4n) is 4.64. The Bertz CT molecular complexity index is 1200. The van der Waals surface area contributed by atoms with Crippen LogP contribution in [0.4, 0.5) is 10.2 Å². The van der Waals surface area contributed by atoms with Gasteiger partial charge in [0.1, 0.15) is 17.5 Å². The largest absolute Gasteiger partial charge is 0.471 e. The summed E-state index contributed by atoms with van der Waals surface area (Å²) in [6, 6.07) is 2.62. The van der Waals surface area contributed by atoms with Crippen molar-refractivity contribution in [2.45, 2.75) is 31.0 Å². The molecule has 166 valence electrons. The van der Waals surface area contributed by atoms with Gasteiger partial charge in [-0.15, -0.1) is 0 Å². The predicted molar refractivity (Wildman–Crippen MR) is 111 cm³/mol. The summed E-state index contributed by atoms with van der Waals surface area (Å²) in [6.45, 7) is 1.86. The van der Waals surface area contributed by atoms with E-state index in [1.807, 2.05) is 7.05 Å². The van der Waals surface area contributed by atoms with E-state index in [2.05, 4.69) is 25.3 Å². The summed E-state index contributed by atoms with van der Waals surface area (Å²) in [7, 11) is 2.00. The quantitative estimate of drug-likeness (QED) is 0.561. The maximum Gasteiger partial charge on any atom is 0.257 e. The lowest BCUT2D eigenvalue weighted by molar-refractivity contribution is 0.0578. The van der Waals surface area contributed by atoms with Crippen LogP contribution in [0.15, 0.2) is 30.7 Å². The molecule has 3 aromatic heterocycles. The van der Waals surface area contributed by atoms with Crippen molar-refractivity contribution in [1.82, 2.24) is 29.8 Å². The third-order valence-corrected chi connectivity index (χ3v) is 6.28. The summed E-state index contributed by atoms with van der Waals surface area (Å²) < 4.78 is 22.2. The SMILES string of the molecule is CN1CC[C@H]2NC(=O)c3cnn4ccc(nc34)N3OCCC3c3cc(F)cnc3OC2C1. The van der Waals surface area contributed by atoms with Gasteiger partial charge < -0.3 is 15.0 Å². The van der Waals surface area contributed by atoms with Gasteiger partial charge in [0.25, 0.3) is 5.91 Å². The van der Waals surface area contributed by atoms with Gasteiger partial charge in [-0.25, -0.2) is 23.9 Å². The van der Waals surface area contributed by atoms with E-state index in [0.29, 0.717) is 54.5 Å². The Hall–Kier alpha value is -3.31. The molecule has 2 bridgehead atoms. The first kappa shape index (κ1) is 19.4. The van der Waals surface area contributed by atoms with E-state index in [4.69, 9.17) is 9.57 Å². The molecular formula is C21H22FN7O3. The zero-order valence-corrected chi connectivity index (χ0v) is 17.4. The molecule has 2 unspecified atom stereocenters. The second-order valence-electron chi connectivity index (χ2n) is 8.41. The second-order valence-corrected chi connectivity index (χ2v) is 8.41. The number of carbonyl (C=O) groups is 1. The van der Waals surface area contributed by atoms with E-state index < -0.39 is 5.82 Å². The van der Waals surface area contributed by atoms with Crippen molar-refractivity contribution in [2.75, 3.05) is 31.8 Å². The number of amides is 1. The highest BCUT2D eigenvalue weighted by molar-refractivity contribution is 6.00. The maximum atomic E-state index is 14.3. The summed E-state index contributed by atoms with van der Waals surface area (Å²) in [5.74, 6) is 0.129. The van der Waals surface area contributed by atoms with Crippen LogP contribution in [0.25, 0.3) is 5.65 Å². The van der Waals surface area contributed by atoms with E-state index in [1.54, 1.807) is 21.8 Å². The number of rotatable bonds is 0. The first-order valence-corrected chi connectivity index (χ1v) is 10.6. The minimum Gasteiger partial charge on any atom is -0.471 e. The number of hydrogen-bond acceptors (Lipinski definition) is 8. The fourth-order valence-corrected chi connectivity index (χ4v) is 4.64. The van der Waals surface area contributed by atoms with E-state index in [1.165, 1.54) is 12.3 Å². The van der Waals surface area contributed by atoms with Crippen molar-refractivity contribution in [2.24, 2.45) is 0 Å². The first-order valence-electron chi connectivity index (χ1n) is 10.6. The summed E-state index contributed by atoms with van der Waals surface area (Å²) in [6.07, 6.45) is 5.37. The van der Waals surface area contributed by atoms with Gasteiger partial charge in [-0.05, 0) is 19.5 Å². The van der Waals surface area contributed by atoms with Crippen molar-refractivity contribution in [1.29, 1.82) is 0 Å². The van der Waals surface area contributed by atoms with Crippen molar-refractivity contribution in [3.8, 4) is 5.88 Å². The van der Waals surface area contributed by atoms with Crippen LogP contribution in [0.3, 0.4) is 0 Å². The van der Waals surface area contributed by atoms with Crippen molar-refractivity contribution in [3.05, 3.63) is 47.7 Å². The molecule has 2 saturated heterocycles. The molecule has 3 aliphatic heterocycles. The topological polar surface area (TPSA) is 97.1 Å². The number of halogens is 1. The van der Waals surface area contributed by atoms with Gasteiger partial charge in [0.2, 0.25) is 5.88 Å². The Kier molecular flexibility index (Phi) is 4.47. The lowest BCUT2D eigenvalue weighted by atomic mass is 10.0. The molecule has 2 fully saturated rings. The molecule has 0 radical (unpaired) electrons. The molecule has 6 rings (SSSR count). The zero-order valence-electron chi connectivity index (χ0n) is 17.4. The Morgan fingerprint density at radius 2 is 2.19 bits per heavy atom.